The van der Waals surface area contributed by atoms with E-state index < -0.39 is 5.41 Å². The highest BCUT2D eigenvalue weighted by Crippen LogP contribution is 2.41. The summed E-state index contributed by atoms with van der Waals surface area (Å²) in [5, 5.41) is 0. The molecule has 1 aromatic heterocycles. The molecule has 2 aliphatic heterocycles. The van der Waals surface area contributed by atoms with E-state index in [1.54, 1.807) is 18.3 Å². The van der Waals surface area contributed by atoms with Crippen molar-refractivity contribution in [2.24, 2.45) is 0 Å². The fraction of sp³-hybridized carbons (Fsp3) is 0.429. The number of nitrogens with zero attached hydrogens (tertiary/aromatic N) is 2. The summed E-state index contributed by atoms with van der Waals surface area (Å²) >= 11 is 0. The fourth-order valence-electron chi connectivity index (χ4n) is 4.28. The number of carbonyl (C=O) groups excluding carboxylic acids is 1. The van der Waals surface area contributed by atoms with E-state index >= 15 is 0 Å². The maximum absolute atomic E-state index is 13.7. The molecule has 1 aromatic carbocycles. The lowest BCUT2D eigenvalue weighted by Crippen LogP contribution is -2.49. The van der Waals surface area contributed by atoms with E-state index in [-0.39, 0.29) is 17.8 Å². The van der Waals surface area contributed by atoms with E-state index in [0.29, 0.717) is 26.1 Å². The zero-order valence-corrected chi connectivity index (χ0v) is 14.7. The Hall–Kier alpha value is -2.27. The summed E-state index contributed by atoms with van der Waals surface area (Å²) in [5.41, 5.74) is 1.20. The number of benzene rings is 1. The quantitative estimate of drug-likeness (QED) is 0.845. The van der Waals surface area contributed by atoms with Crippen molar-refractivity contribution in [3.8, 4) is 0 Å². The van der Waals surface area contributed by atoms with E-state index in [2.05, 4.69) is 4.98 Å². The van der Waals surface area contributed by atoms with Crippen LogP contribution in [0.1, 0.15) is 43.0 Å². The summed E-state index contributed by atoms with van der Waals surface area (Å²) in [6, 6.07) is 12.3. The predicted molar refractivity (Wildman–Crippen MR) is 96.1 cm³/mol. The lowest BCUT2D eigenvalue weighted by atomic mass is 9.72. The number of pyridine rings is 1. The third-order valence-corrected chi connectivity index (χ3v) is 5.70. The van der Waals surface area contributed by atoms with Crippen molar-refractivity contribution in [1.29, 1.82) is 0 Å². The maximum atomic E-state index is 13.7. The first kappa shape index (κ1) is 17.2. The van der Waals surface area contributed by atoms with Gasteiger partial charge in [0.2, 0.25) is 5.91 Å². The Balaban J connectivity index is 1.69. The van der Waals surface area contributed by atoms with Crippen molar-refractivity contribution >= 4 is 5.91 Å². The third-order valence-electron chi connectivity index (χ3n) is 5.70. The molecule has 0 unspecified atom stereocenters. The molecular formula is C21H23FN2O2. The molecule has 2 saturated heterocycles. The van der Waals surface area contributed by atoms with Crippen molar-refractivity contribution in [1.82, 2.24) is 9.88 Å². The van der Waals surface area contributed by atoms with Crippen LogP contribution in [0.4, 0.5) is 4.39 Å². The van der Waals surface area contributed by atoms with Crippen LogP contribution in [0.3, 0.4) is 0 Å². The minimum Gasteiger partial charge on any atom is -0.381 e. The number of ether oxygens (including phenoxy) is 1. The van der Waals surface area contributed by atoms with Crippen molar-refractivity contribution in [3.05, 3.63) is 65.7 Å². The van der Waals surface area contributed by atoms with Crippen LogP contribution in [-0.2, 0) is 14.9 Å². The van der Waals surface area contributed by atoms with Crippen molar-refractivity contribution in [3.63, 3.8) is 0 Å². The van der Waals surface area contributed by atoms with Gasteiger partial charge in [-0.05, 0) is 55.5 Å². The number of aromatic nitrogens is 1. The van der Waals surface area contributed by atoms with Crippen molar-refractivity contribution < 1.29 is 13.9 Å². The second-order valence-electron chi connectivity index (χ2n) is 7.11. The molecule has 136 valence electrons. The molecule has 2 aliphatic rings. The number of likely N-dealkylation sites (tertiary alicyclic amines) is 1. The minimum absolute atomic E-state index is 0.0175. The Morgan fingerprint density at radius 1 is 1.15 bits per heavy atom. The summed E-state index contributed by atoms with van der Waals surface area (Å²) in [6.07, 6.45) is 4.94. The van der Waals surface area contributed by atoms with Crippen LogP contribution in [0.25, 0.3) is 0 Å². The van der Waals surface area contributed by atoms with Crippen LogP contribution in [0, 0.1) is 5.82 Å². The van der Waals surface area contributed by atoms with Crippen LogP contribution < -0.4 is 0 Å². The number of hydrogen-bond donors (Lipinski definition) is 0. The summed E-state index contributed by atoms with van der Waals surface area (Å²) in [7, 11) is 0. The first-order valence-electron chi connectivity index (χ1n) is 9.26. The average Bonchev–Trinajstić information content (AvgIpc) is 3.19. The third kappa shape index (κ3) is 3.01. The molecular weight excluding hydrogens is 331 g/mol. The Morgan fingerprint density at radius 3 is 2.62 bits per heavy atom. The van der Waals surface area contributed by atoms with Gasteiger partial charge in [-0.15, -0.1) is 0 Å². The topological polar surface area (TPSA) is 42.4 Å². The highest BCUT2D eigenvalue weighted by atomic mass is 19.1. The first-order valence-corrected chi connectivity index (χ1v) is 9.26. The van der Waals surface area contributed by atoms with Crippen LogP contribution in [0.5, 0.6) is 0 Å². The Kier molecular flexibility index (Phi) is 4.72. The minimum atomic E-state index is -0.636. The lowest BCUT2D eigenvalue weighted by molar-refractivity contribution is -0.142. The van der Waals surface area contributed by atoms with Crippen LogP contribution >= 0.6 is 0 Å². The van der Waals surface area contributed by atoms with E-state index in [9.17, 15) is 9.18 Å². The number of carbonyl (C=O) groups is 1. The van der Waals surface area contributed by atoms with E-state index in [1.165, 1.54) is 12.1 Å². The van der Waals surface area contributed by atoms with E-state index in [1.807, 2.05) is 23.1 Å². The standard InChI is InChI=1S/C21H23FN2O2/c22-17-8-6-16(7-9-17)21(10-14-26-15-11-21)20(25)24-13-3-5-19(24)18-4-1-2-12-23-18/h1-2,4,6-9,12,19H,3,5,10-11,13-15H2/t19-/m0/s1. The van der Waals surface area contributed by atoms with Gasteiger partial charge in [0.15, 0.2) is 0 Å². The number of hydrogen-bond acceptors (Lipinski definition) is 3. The van der Waals surface area contributed by atoms with E-state index in [4.69, 9.17) is 4.74 Å². The number of amides is 1. The zero-order chi connectivity index (χ0) is 18.0. The summed E-state index contributed by atoms with van der Waals surface area (Å²) in [5.74, 6) is -0.156. The number of rotatable bonds is 3. The largest absolute Gasteiger partial charge is 0.381 e. The molecule has 0 aliphatic carbocycles. The normalized spacial score (nSPS) is 22.3. The van der Waals surface area contributed by atoms with Gasteiger partial charge in [0.1, 0.15) is 5.82 Å². The van der Waals surface area contributed by atoms with Gasteiger partial charge in [-0.2, -0.15) is 0 Å². The maximum Gasteiger partial charge on any atom is 0.233 e. The van der Waals surface area contributed by atoms with Gasteiger partial charge in [0.25, 0.3) is 0 Å². The molecule has 2 aromatic rings. The highest BCUT2D eigenvalue weighted by Gasteiger charge is 2.46. The summed E-state index contributed by atoms with van der Waals surface area (Å²) in [4.78, 5) is 20.2. The molecule has 0 N–H and O–H groups in total. The molecule has 2 fully saturated rings. The molecule has 1 amide bonds. The van der Waals surface area contributed by atoms with Crippen molar-refractivity contribution in [2.45, 2.75) is 37.1 Å². The second-order valence-corrected chi connectivity index (χ2v) is 7.11. The van der Waals surface area contributed by atoms with Gasteiger partial charge in [-0.1, -0.05) is 18.2 Å². The number of halogens is 1. The van der Waals surface area contributed by atoms with Gasteiger partial charge >= 0.3 is 0 Å². The molecule has 26 heavy (non-hydrogen) atoms. The van der Waals surface area contributed by atoms with Gasteiger partial charge in [-0.3, -0.25) is 9.78 Å². The highest BCUT2D eigenvalue weighted by molar-refractivity contribution is 5.89. The van der Waals surface area contributed by atoms with Gasteiger partial charge in [-0.25, -0.2) is 4.39 Å². The van der Waals surface area contributed by atoms with Crippen LogP contribution in [0.15, 0.2) is 48.7 Å². The molecule has 0 bridgehead atoms. The predicted octanol–water partition coefficient (Wildman–Crippen LogP) is 3.63. The summed E-state index contributed by atoms with van der Waals surface area (Å²) in [6.45, 7) is 1.83. The van der Waals surface area contributed by atoms with Gasteiger partial charge in [0, 0.05) is 26.0 Å². The second kappa shape index (κ2) is 7.16. The molecule has 0 spiro atoms. The monoisotopic (exact) mass is 354 g/mol. The van der Waals surface area contributed by atoms with E-state index in [0.717, 1.165) is 30.6 Å². The zero-order valence-electron chi connectivity index (χ0n) is 14.7. The molecule has 3 heterocycles. The Labute approximate surface area is 153 Å². The SMILES string of the molecule is O=C(N1CCC[C@H]1c1ccccn1)C1(c2ccc(F)cc2)CCOCC1. The molecule has 1 atom stereocenters. The Bertz CT molecular complexity index is 757. The molecule has 0 saturated carbocycles. The smallest absolute Gasteiger partial charge is 0.233 e. The van der Waals surface area contributed by atoms with Crippen LogP contribution in [0.2, 0.25) is 0 Å². The molecule has 0 radical (unpaired) electrons. The Morgan fingerprint density at radius 2 is 1.92 bits per heavy atom. The van der Waals surface area contributed by atoms with Gasteiger partial charge in [0.05, 0.1) is 17.2 Å². The fourth-order valence-corrected chi connectivity index (χ4v) is 4.28. The molecule has 5 heteroatoms. The first-order chi connectivity index (χ1) is 12.7. The van der Waals surface area contributed by atoms with Crippen LogP contribution in [-0.4, -0.2) is 35.5 Å². The molecule has 4 nitrogen and oxygen atoms in total. The van der Waals surface area contributed by atoms with Crippen molar-refractivity contribution in [2.75, 3.05) is 19.8 Å². The van der Waals surface area contributed by atoms with Gasteiger partial charge < -0.3 is 9.64 Å². The average molecular weight is 354 g/mol. The lowest BCUT2D eigenvalue weighted by Gasteiger charge is -2.40. The summed E-state index contributed by atoms with van der Waals surface area (Å²) < 4.78 is 19.0. The molecule has 4 rings (SSSR count).